The van der Waals surface area contributed by atoms with Gasteiger partial charge in [0.25, 0.3) is 5.91 Å². The predicted octanol–water partition coefficient (Wildman–Crippen LogP) is 2.84. The molecule has 0 radical (unpaired) electrons. The molecule has 2 heterocycles. The fourth-order valence-electron chi connectivity index (χ4n) is 5.14. The number of anilines is 1. The van der Waals surface area contributed by atoms with Gasteiger partial charge >= 0.3 is 0 Å². The SMILES string of the molecule is COCC(=O)N1CCCN(CC(C)C)CCCN(C(=O)C2CCN(C)C2)Cc2cc(F)ccc21. The summed E-state index contributed by atoms with van der Waals surface area (Å²) >= 11 is 0. The van der Waals surface area contributed by atoms with Crippen molar-refractivity contribution < 1.29 is 18.7 Å². The lowest BCUT2D eigenvalue weighted by Gasteiger charge is -2.33. The number of fused-ring (bicyclic) bond motifs is 1. The van der Waals surface area contributed by atoms with Crippen molar-refractivity contribution in [1.82, 2.24) is 14.7 Å². The van der Waals surface area contributed by atoms with Gasteiger partial charge in [0.1, 0.15) is 12.4 Å². The van der Waals surface area contributed by atoms with Crippen LogP contribution in [-0.4, -0.2) is 93.1 Å². The molecule has 1 fully saturated rings. The molecule has 2 aliphatic heterocycles. The molecule has 0 spiro atoms. The molecule has 1 aromatic carbocycles. The molecular formula is C26H41FN4O3. The van der Waals surface area contributed by atoms with Gasteiger partial charge in [-0.05, 0) is 75.6 Å². The number of rotatable bonds is 5. The summed E-state index contributed by atoms with van der Waals surface area (Å²) in [7, 11) is 3.54. The fraction of sp³-hybridized carbons (Fsp3) is 0.692. The number of methoxy groups -OCH3 is 1. The van der Waals surface area contributed by atoms with E-state index in [0.29, 0.717) is 36.8 Å². The van der Waals surface area contributed by atoms with E-state index in [1.165, 1.54) is 19.2 Å². The number of carbonyl (C=O) groups is 2. The van der Waals surface area contributed by atoms with Crippen LogP contribution in [0.25, 0.3) is 0 Å². The zero-order chi connectivity index (χ0) is 24.7. The molecule has 3 rings (SSSR count). The molecule has 0 saturated carbocycles. The topological polar surface area (TPSA) is 56.3 Å². The Balaban J connectivity index is 1.94. The van der Waals surface area contributed by atoms with E-state index in [1.807, 2.05) is 11.9 Å². The standard InChI is InChI=1S/C26H41FN4O3/c1-20(2)16-29-10-5-12-30(26(33)21-9-14-28(3)17-21)18-22-15-23(27)7-8-24(22)31(13-6-11-29)25(32)19-34-4/h7-8,15,20-21H,5-6,9-14,16-19H2,1-4H3. The summed E-state index contributed by atoms with van der Waals surface area (Å²) in [6.07, 6.45) is 2.54. The monoisotopic (exact) mass is 476 g/mol. The first-order valence-electron chi connectivity index (χ1n) is 12.6. The third kappa shape index (κ3) is 7.23. The molecule has 2 aliphatic rings. The Labute approximate surface area is 203 Å². The van der Waals surface area contributed by atoms with Gasteiger partial charge in [-0.25, -0.2) is 4.39 Å². The van der Waals surface area contributed by atoms with Gasteiger partial charge in [-0.1, -0.05) is 13.8 Å². The highest BCUT2D eigenvalue weighted by molar-refractivity contribution is 5.95. The number of likely N-dealkylation sites (tertiary alicyclic amines) is 1. The quantitative estimate of drug-likeness (QED) is 0.654. The van der Waals surface area contributed by atoms with Crippen LogP contribution in [-0.2, 0) is 20.9 Å². The number of benzene rings is 1. The van der Waals surface area contributed by atoms with Crippen LogP contribution < -0.4 is 4.90 Å². The number of ether oxygens (including phenoxy) is 1. The molecule has 1 saturated heterocycles. The van der Waals surface area contributed by atoms with Crippen LogP contribution in [0.4, 0.5) is 10.1 Å². The van der Waals surface area contributed by atoms with E-state index in [1.54, 1.807) is 11.0 Å². The summed E-state index contributed by atoms with van der Waals surface area (Å²) in [5.41, 5.74) is 1.34. The van der Waals surface area contributed by atoms with E-state index < -0.39 is 0 Å². The molecule has 34 heavy (non-hydrogen) atoms. The maximum absolute atomic E-state index is 14.3. The van der Waals surface area contributed by atoms with Gasteiger partial charge in [0.2, 0.25) is 5.91 Å². The molecule has 1 atom stereocenters. The average Bonchev–Trinajstić information content (AvgIpc) is 3.21. The van der Waals surface area contributed by atoms with Crippen LogP contribution in [0.15, 0.2) is 18.2 Å². The maximum atomic E-state index is 14.3. The minimum atomic E-state index is -0.360. The van der Waals surface area contributed by atoms with E-state index in [9.17, 15) is 14.0 Å². The second kappa shape index (κ2) is 12.6. The van der Waals surface area contributed by atoms with E-state index in [-0.39, 0.29) is 30.2 Å². The number of halogens is 1. The first-order valence-corrected chi connectivity index (χ1v) is 12.6. The maximum Gasteiger partial charge on any atom is 0.252 e. The van der Waals surface area contributed by atoms with Crippen molar-refractivity contribution >= 4 is 17.5 Å². The Hall–Kier alpha value is -2.03. The Morgan fingerprint density at radius 2 is 1.85 bits per heavy atom. The normalized spacial score (nSPS) is 21.3. The first kappa shape index (κ1) is 26.6. The zero-order valence-corrected chi connectivity index (χ0v) is 21.3. The first-order chi connectivity index (χ1) is 16.3. The molecular weight excluding hydrogens is 435 g/mol. The number of hydrogen-bond donors (Lipinski definition) is 0. The molecule has 1 unspecified atom stereocenters. The third-order valence-electron chi connectivity index (χ3n) is 6.70. The van der Waals surface area contributed by atoms with E-state index in [2.05, 4.69) is 23.6 Å². The van der Waals surface area contributed by atoms with Crippen molar-refractivity contribution in [2.75, 3.05) is 71.5 Å². The summed E-state index contributed by atoms with van der Waals surface area (Å²) < 4.78 is 19.5. The van der Waals surface area contributed by atoms with Crippen molar-refractivity contribution in [1.29, 1.82) is 0 Å². The molecule has 8 heteroatoms. The molecule has 0 aliphatic carbocycles. The van der Waals surface area contributed by atoms with Crippen LogP contribution in [0.3, 0.4) is 0 Å². The number of nitrogens with zero attached hydrogens (tertiary/aromatic N) is 4. The van der Waals surface area contributed by atoms with Gasteiger partial charge in [0.05, 0.1) is 5.92 Å². The summed E-state index contributed by atoms with van der Waals surface area (Å²) in [6, 6.07) is 4.53. The number of amides is 2. The Bertz CT molecular complexity index is 834. The van der Waals surface area contributed by atoms with Crippen LogP contribution >= 0.6 is 0 Å². The minimum Gasteiger partial charge on any atom is -0.375 e. The van der Waals surface area contributed by atoms with Crippen LogP contribution in [0.5, 0.6) is 0 Å². The second-order valence-electron chi connectivity index (χ2n) is 10.2. The molecule has 0 bridgehead atoms. The summed E-state index contributed by atoms with van der Waals surface area (Å²) in [5.74, 6) is 0.114. The zero-order valence-electron chi connectivity index (χ0n) is 21.3. The summed E-state index contributed by atoms with van der Waals surface area (Å²) in [4.78, 5) is 34.7. The highest BCUT2D eigenvalue weighted by Gasteiger charge is 2.31. The van der Waals surface area contributed by atoms with Gasteiger partial charge in [-0.15, -0.1) is 0 Å². The smallest absolute Gasteiger partial charge is 0.252 e. The number of hydrogen-bond acceptors (Lipinski definition) is 5. The molecule has 7 nitrogen and oxygen atoms in total. The molecule has 190 valence electrons. The van der Waals surface area contributed by atoms with Crippen LogP contribution in [0.2, 0.25) is 0 Å². The number of carbonyl (C=O) groups excluding carboxylic acids is 2. The Morgan fingerprint density at radius 3 is 2.50 bits per heavy atom. The minimum absolute atomic E-state index is 0.0343. The van der Waals surface area contributed by atoms with Crippen molar-refractivity contribution in [3.8, 4) is 0 Å². The third-order valence-corrected chi connectivity index (χ3v) is 6.70. The van der Waals surface area contributed by atoms with Gasteiger partial charge in [-0.2, -0.15) is 0 Å². The Kier molecular flexibility index (Phi) is 9.85. The lowest BCUT2D eigenvalue weighted by molar-refractivity contribution is -0.135. The lowest BCUT2D eigenvalue weighted by atomic mass is 10.0. The average molecular weight is 477 g/mol. The fourth-order valence-corrected chi connectivity index (χ4v) is 5.14. The van der Waals surface area contributed by atoms with Gasteiger partial charge in [0.15, 0.2) is 0 Å². The predicted molar refractivity (Wildman–Crippen MR) is 132 cm³/mol. The van der Waals surface area contributed by atoms with E-state index in [4.69, 9.17) is 4.74 Å². The van der Waals surface area contributed by atoms with Crippen LogP contribution in [0, 0.1) is 17.7 Å². The highest BCUT2D eigenvalue weighted by Crippen LogP contribution is 2.27. The van der Waals surface area contributed by atoms with E-state index in [0.717, 1.165) is 52.0 Å². The Morgan fingerprint density at radius 1 is 1.12 bits per heavy atom. The molecule has 2 amide bonds. The van der Waals surface area contributed by atoms with Gasteiger partial charge in [0, 0.05) is 45.5 Å². The lowest BCUT2D eigenvalue weighted by Crippen LogP contribution is -2.42. The summed E-state index contributed by atoms with van der Waals surface area (Å²) in [5, 5.41) is 0. The van der Waals surface area contributed by atoms with Gasteiger partial charge in [-0.3, -0.25) is 9.59 Å². The molecule has 1 aromatic rings. The largest absolute Gasteiger partial charge is 0.375 e. The van der Waals surface area contributed by atoms with E-state index >= 15 is 0 Å². The summed E-state index contributed by atoms with van der Waals surface area (Å²) in [6.45, 7) is 10.2. The van der Waals surface area contributed by atoms with Crippen molar-refractivity contribution in [3.05, 3.63) is 29.6 Å². The van der Waals surface area contributed by atoms with Crippen LogP contribution in [0.1, 0.15) is 38.7 Å². The van der Waals surface area contributed by atoms with Gasteiger partial charge < -0.3 is 24.3 Å². The van der Waals surface area contributed by atoms with Crippen molar-refractivity contribution in [3.63, 3.8) is 0 Å². The molecule has 0 aromatic heterocycles. The van der Waals surface area contributed by atoms with Crippen molar-refractivity contribution in [2.45, 2.75) is 39.7 Å². The van der Waals surface area contributed by atoms with Crippen molar-refractivity contribution in [2.24, 2.45) is 11.8 Å². The molecule has 0 N–H and O–H groups in total. The highest BCUT2D eigenvalue weighted by atomic mass is 19.1. The second-order valence-corrected chi connectivity index (χ2v) is 10.2.